The summed E-state index contributed by atoms with van der Waals surface area (Å²) < 4.78 is 52.9. The number of nitrogens with one attached hydrogen (secondary N) is 5. The van der Waals surface area contributed by atoms with Gasteiger partial charge in [-0.2, -0.15) is 0 Å². The highest BCUT2D eigenvalue weighted by Gasteiger charge is 2.57. The fraction of sp³-hybridized carbons (Fsp3) is 0.875. The molecule has 5 aliphatic heterocycles. The summed E-state index contributed by atoms with van der Waals surface area (Å²) in [5, 5.41) is 142. The highest BCUT2D eigenvalue weighted by molar-refractivity contribution is 5.75. The number of hydrogen-bond donors (Lipinski definition) is 17. The summed E-state index contributed by atoms with van der Waals surface area (Å²) in [5.74, 6) is -3.78. The van der Waals surface area contributed by atoms with E-state index in [1.165, 1.54) is 0 Å². The quantitative estimate of drug-likeness (QED) is 0.0606. The molecule has 0 aromatic rings. The maximum Gasteiger partial charge on any atom is 0.217 e. The Labute approximate surface area is 404 Å². The van der Waals surface area contributed by atoms with E-state index in [1.807, 2.05) is 0 Å². The Balaban J connectivity index is 1.39. The lowest BCUT2D eigenvalue weighted by atomic mass is 9.93. The van der Waals surface area contributed by atoms with Gasteiger partial charge < -0.3 is 130 Å². The Hall–Kier alpha value is -3.49. The second kappa shape index (κ2) is 25.6. The first kappa shape index (κ1) is 58.4. The summed E-state index contributed by atoms with van der Waals surface area (Å²) in [6.45, 7) is 0.679. The molecule has 0 spiro atoms. The van der Waals surface area contributed by atoms with E-state index in [-0.39, 0.29) is 0 Å². The number of ether oxygens (including phenoxy) is 9. The molecule has 31 heteroatoms. The number of hydrogen-bond acceptors (Lipinski definition) is 26. The minimum absolute atomic E-state index is 0.688. The third-order valence-corrected chi connectivity index (χ3v) is 12.3. The molecule has 0 unspecified atom stereocenters. The van der Waals surface area contributed by atoms with Gasteiger partial charge in [0.2, 0.25) is 29.5 Å². The van der Waals surface area contributed by atoms with Crippen LogP contribution in [0.2, 0.25) is 0 Å². The van der Waals surface area contributed by atoms with Gasteiger partial charge in [-0.3, -0.25) is 24.0 Å². The molecule has 408 valence electrons. The van der Waals surface area contributed by atoms with E-state index in [2.05, 4.69) is 26.6 Å². The normalized spacial score (nSPS) is 43.9. The molecule has 0 bridgehead atoms. The molecule has 0 radical (unpaired) electrons. The molecular weight excluding hydrogens is 966 g/mol. The van der Waals surface area contributed by atoms with Crippen molar-refractivity contribution in [1.82, 2.24) is 26.6 Å². The summed E-state index contributed by atoms with van der Waals surface area (Å²) >= 11 is 0. The third kappa shape index (κ3) is 13.6. The molecule has 31 nitrogen and oxygen atoms in total. The average molecular weight is 1030 g/mol. The molecule has 71 heavy (non-hydrogen) atoms. The molecule has 5 saturated heterocycles. The summed E-state index contributed by atoms with van der Waals surface area (Å²) in [6.07, 6.45) is -35.1. The molecule has 17 N–H and O–H groups in total. The first-order chi connectivity index (χ1) is 33.5. The Morgan fingerprint density at radius 1 is 0.338 bits per heavy atom. The van der Waals surface area contributed by atoms with Crippen LogP contribution in [0, 0.1) is 0 Å². The smallest absolute Gasteiger partial charge is 0.217 e. The van der Waals surface area contributed by atoms with Crippen molar-refractivity contribution >= 4 is 29.5 Å². The molecule has 0 aromatic carbocycles. The fourth-order valence-electron chi connectivity index (χ4n) is 9.07. The van der Waals surface area contributed by atoms with Crippen molar-refractivity contribution in [1.29, 1.82) is 0 Å². The predicted octanol–water partition coefficient (Wildman–Crippen LogP) is -11.2. The maximum atomic E-state index is 12.7. The highest BCUT2D eigenvalue weighted by atomic mass is 16.8. The zero-order valence-corrected chi connectivity index (χ0v) is 39.1. The number of amides is 5. The molecule has 0 aliphatic carbocycles. The Bertz CT molecular complexity index is 1790. The Morgan fingerprint density at radius 3 is 0.831 bits per heavy atom. The van der Waals surface area contributed by atoms with E-state index >= 15 is 0 Å². The van der Waals surface area contributed by atoms with Gasteiger partial charge >= 0.3 is 0 Å². The van der Waals surface area contributed by atoms with Crippen molar-refractivity contribution in [3.8, 4) is 0 Å². The summed E-state index contributed by atoms with van der Waals surface area (Å²) in [4.78, 5) is 61.6. The van der Waals surface area contributed by atoms with Gasteiger partial charge in [0.25, 0.3) is 0 Å². The lowest BCUT2D eigenvalue weighted by Crippen LogP contribution is -2.72. The molecule has 25 atom stereocenters. The van der Waals surface area contributed by atoms with E-state index in [0.717, 1.165) is 34.6 Å². The number of rotatable bonds is 18. The van der Waals surface area contributed by atoms with Crippen molar-refractivity contribution in [3.63, 3.8) is 0 Å². The topological polar surface area (TPSA) is 471 Å². The van der Waals surface area contributed by atoms with Crippen LogP contribution in [-0.2, 0) is 66.6 Å². The van der Waals surface area contributed by atoms with Crippen molar-refractivity contribution in [2.45, 2.75) is 188 Å². The van der Waals surface area contributed by atoms with Crippen LogP contribution in [0.25, 0.3) is 0 Å². The summed E-state index contributed by atoms with van der Waals surface area (Å²) in [7, 11) is 0. The maximum absolute atomic E-state index is 12.7. The molecule has 5 rings (SSSR count). The van der Waals surface area contributed by atoms with Gasteiger partial charge in [-0.1, -0.05) is 0 Å². The lowest BCUT2D eigenvalue weighted by Gasteiger charge is -2.51. The van der Waals surface area contributed by atoms with Gasteiger partial charge in [0, 0.05) is 34.6 Å². The van der Waals surface area contributed by atoms with Crippen molar-refractivity contribution in [2.24, 2.45) is 0 Å². The summed E-state index contributed by atoms with van der Waals surface area (Å²) in [6, 6.07) is -8.07. The fourth-order valence-corrected chi connectivity index (χ4v) is 9.07. The minimum Gasteiger partial charge on any atom is -0.394 e. The first-order valence-corrected chi connectivity index (χ1v) is 22.6. The van der Waals surface area contributed by atoms with E-state index in [1.54, 1.807) is 0 Å². The molecule has 5 amide bonds. The van der Waals surface area contributed by atoms with Crippen molar-refractivity contribution in [3.05, 3.63) is 0 Å². The van der Waals surface area contributed by atoms with Gasteiger partial charge in [-0.15, -0.1) is 0 Å². The number of aliphatic hydroxyl groups is 12. The SMILES string of the molecule is CC(=O)N[C@@H]1[C@@H](O)[C@H](O[C@@H]2O[C@H](CO)[C@@H](O[C@@H]3O[C@H](CO)[C@@H](O[C@@H]4O[C@H](CO)[C@@H](O[C@@H]5O[C@H](CO)[C@@H](O)[C@H](O)[C@H]5NC(C)=O)[C@H](O)[C@H]4NC(C)=O)[C@H](O)[C@H]3NC(C)=O)[C@H](O)[C@H]2NC(C)=O)[C@@H](CO)O[C@H]1O. The third-order valence-electron chi connectivity index (χ3n) is 12.3. The number of carbonyl (C=O) groups is 5. The molecule has 0 aromatic heterocycles. The van der Waals surface area contributed by atoms with Crippen LogP contribution in [0.4, 0.5) is 0 Å². The van der Waals surface area contributed by atoms with Gasteiger partial charge in [0.05, 0.1) is 33.0 Å². The van der Waals surface area contributed by atoms with Gasteiger partial charge in [0.1, 0.15) is 122 Å². The van der Waals surface area contributed by atoms with Crippen LogP contribution in [0.3, 0.4) is 0 Å². The molecular formula is C40H67N5O26. The predicted molar refractivity (Wildman–Crippen MR) is 225 cm³/mol. The van der Waals surface area contributed by atoms with Crippen molar-refractivity contribution in [2.75, 3.05) is 33.0 Å². The van der Waals surface area contributed by atoms with E-state index in [4.69, 9.17) is 42.6 Å². The van der Waals surface area contributed by atoms with Crippen LogP contribution >= 0.6 is 0 Å². The average Bonchev–Trinajstić information content (AvgIpc) is 3.30. The second-order valence-electron chi connectivity index (χ2n) is 17.6. The van der Waals surface area contributed by atoms with Crippen LogP contribution in [0.1, 0.15) is 34.6 Å². The van der Waals surface area contributed by atoms with Crippen LogP contribution in [-0.4, -0.2) is 277 Å². The largest absolute Gasteiger partial charge is 0.394 e. The zero-order valence-electron chi connectivity index (χ0n) is 39.1. The van der Waals surface area contributed by atoms with Gasteiger partial charge in [0.15, 0.2) is 31.5 Å². The molecule has 0 saturated carbocycles. The monoisotopic (exact) mass is 1030 g/mol. The van der Waals surface area contributed by atoms with Gasteiger partial charge in [-0.25, -0.2) is 0 Å². The standard InChI is InChI=1S/C40H67N5O26/c1-11(51)41-21-28(58)32(17(7-47)63-36(21)62)68-38-23(43-13(3)53)30(60)34(19(9-49)65-38)70-40-25(45-15(5)55)31(61)35(20(10-50)67-40)71-39-24(44-14(4)54)29(59)33(18(8-48)66-39)69-37-22(42-12(2)52)27(57)26(56)16(6-46)64-37/h16-40,46-50,56-62H,6-10H2,1-5H3,(H,41,51)(H,42,52)(H,43,53)(H,44,54)(H,45,55)/t16-,17-,18-,19-,20-,21-,22-,23-,24-,25-,26-,27-,28-,29-,30-,31-,32-,33-,34-,35-,36-,37+,38+,39+,40+/m1/s1. The summed E-state index contributed by atoms with van der Waals surface area (Å²) in [5.41, 5.74) is 0. The zero-order chi connectivity index (χ0) is 52.8. The number of carbonyl (C=O) groups excluding carboxylic acids is 5. The van der Waals surface area contributed by atoms with Crippen molar-refractivity contribution < 1.29 is 128 Å². The molecule has 5 fully saturated rings. The number of aliphatic hydroxyl groups excluding tert-OH is 12. The van der Waals surface area contributed by atoms with Gasteiger partial charge in [-0.05, 0) is 0 Å². The van der Waals surface area contributed by atoms with Crippen LogP contribution in [0.15, 0.2) is 0 Å². The first-order valence-electron chi connectivity index (χ1n) is 22.6. The van der Waals surface area contributed by atoms with E-state index in [9.17, 15) is 85.3 Å². The Kier molecular flexibility index (Phi) is 21.1. The van der Waals surface area contributed by atoms with Crippen LogP contribution < -0.4 is 26.6 Å². The molecule has 5 heterocycles. The second-order valence-corrected chi connectivity index (χ2v) is 17.6. The van der Waals surface area contributed by atoms with E-state index < -0.39 is 216 Å². The Morgan fingerprint density at radius 2 is 0.563 bits per heavy atom. The highest BCUT2D eigenvalue weighted by Crippen LogP contribution is 2.36. The van der Waals surface area contributed by atoms with E-state index in [0.29, 0.717) is 0 Å². The minimum atomic E-state index is -2.00. The van der Waals surface area contributed by atoms with Crippen LogP contribution in [0.5, 0.6) is 0 Å². The molecule has 5 aliphatic rings. The lowest BCUT2D eigenvalue weighted by molar-refractivity contribution is -0.367.